The summed E-state index contributed by atoms with van der Waals surface area (Å²) < 4.78 is 10.4. The predicted molar refractivity (Wildman–Crippen MR) is 84.0 cm³/mol. The number of carbonyl (C=O) groups is 2. The van der Waals surface area contributed by atoms with Gasteiger partial charge in [-0.2, -0.15) is 0 Å². The minimum Gasteiger partial charge on any atom is -0.454 e. The average molecular weight is 353 g/mol. The van der Waals surface area contributed by atoms with E-state index in [1.54, 1.807) is 18.2 Å². The summed E-state index contributed by atoms with van der Waals surface area (Å²) in [6.07, 6.45) is 0. The summed E-state index contributed by atoms with van der Waals surface area (Å²) >= 11 is 11.7. The molecule has 2 N–H and O–H groups in total. The van der Waals surface area contributed by atoms with Crippen LogP contribution < -0.4 is 20.3 Å². The third kappa shape index (κ3) is 3.33. The molecule has 118 valence electrons. The molecule has 8 heteroatoms. The third-order valence-corrected chi connectivity index (χ3v) is 3.66. The fraction of sp³-hybridized carbons (Fsp3) is 0.0667. The Hall–Kier alpha value is -2.44. The number of carbonyl (C=O) groups excluding carboxylic acids is 2. The fourth-order valence-electron chi connectivity index (χ4n) is 1.96. The molecule has 23 heavy (non-hydrogen) atoms. The largest absolute Gasteiger partial charge is 0.454 e. The van der Waals surface area contributed by atoms with E-state index >= 15 is 0 Å². The third-order valence-electron chi connectivity index (χ3n) is 3.10. The number of nitrogens with one attached hydrogen (secondary N) is 2. The lowest BCUT2D eigenvalue weighted by molar-refractivity contribution is 0.0846. The molecule has 2 aromatic carbocycles. The zero-order valence-corrected chi connectivity index (χ0v) is 13.1. The molecule has 1 aliphatic rings. The number of fused-ring (bicyclic) bond motifs is 1. The Balaban J connectivity index is 1.67. The second-order valence-corrected chi connectivity index (χ2v) is 5.44. The number of benzene rings is 2. The van der Waals surface area contributed by atoms with Gasteiger partial charge in [0.25, 0.3) is 11.8 Å². The number of rotatable bonds is 2. The molecule has 0 fully saturated rings. The van der Waals surface area contributed by atoms with Gasteiger partial charge in [-0.3, -0.25) is 20.4 Å². The monoisotopic (exact) mass is 352 g/mol. The molecule has 2 amide bonds. The minimum atomic E-state index is -0.577. The van der Waals surface area contributed by atoms with Crippen molar-refractivity contribution >= 4 is 35.0 Å². The molecule has 0 unspecified atom stereocenters. The first-order valence-electron chi connectivity index (χ1n) is 6.50. The summed E-state index contributed by atoms with van der Waals surface area (Å²) in [4.78, 5) is 24.1. The molecular weight excluding hydrogens is 343 g/mol. The van der Waals surface area contributed by atoms with E-state index in [0.29, 0.717) is 22.1 Å². The molecule has 0 bridgehead atoms. The summed E-state index contributed by atoms with van der Waals surface area (Å²) in [5, 5.41) is 0.589. The Morgan fingerprint density at radius 1 is 0.913 bits per heavy atom. The molecule has 3 rings (SSSR count). The summed E-state index contributed by atoms with van der Waals surface area (Å²) in [5.41, 5.74) is 5.05. The Kier molecular flexibility index (Phi) is 4.27. The van der Waals surface area contributed by atoms with E-state index in [4.69, 9.17) is 32.7 Å². The average Bonchev–Trinajstić information content (AvgIpc) is 3.02. The number of ether oxygens (including phenoxy) is 2. The summed E-state index contributed by atoms with van der Waals surface area (Å²) in [6.45, 7) is 0.115. The summed E-state index contributed by atoms with van der Waals surface area (Å²) in [6, 6.07) is 9.17. The molecule has 0 spiro atoms. The maximum absolute atomic E-state index is 12.1. The van der Waals surface area contributed by atoms with Gasteiger partial charge in [0.2, 0.25) is 6.79 Å². The van der Waals surface area contributed by atoms with E-state index in [2.05, 4.69) is 10.9 Å². The van der Waals surface area contributed by atoms with Crippen LogP contribution in [0.5, 0.6) is 11.5 Å². The highest BCUT2D eigenvalue weighted by Gasteiger charge is 2.17. The van der Waals surface area contributed by atoms with Gasteiger partial charge < -0.3 is 9.47 Å². The highest BCUT2D eigenvalue weighted by atomic mass is 35.5. The Bertz CT molecular complexity index is 795. The van der Waals surface area contributed by atoms with Gasteiger partial charge in [0, 0.05) is 10.6 Å². The lowest BCUT2D eigenvalue weighted by Gasteiger charge is -2.09. The number of hydrogen-bond donors (Lipinski definition) is 2. The van der Waals surface area contributed by atoms with Crippen LogP contribution >= 0.6 is 23.2 Å². The smallest absolute Gasteiger partial charge is 0.271 e. The first-order valence-corrected chi connectivity index (χ1v) is 7.25. The highest BCUT2D eigenvalue weighted by molar-refractivity contribution is 6.35. The van der Waals surface area contributed by atoms with Gasteiger partial charge in [0.15, 0.2) is 11.5 Å². The van der Waals surface area contributed by atoms with Crippen LogP contribution in [0.2, 0.25) is 10.0 Å². The molecule has 0 aliphatic carbocycles. The minimum absolute atomic E-state index is 0.115. The van der Waals surface area contributed by atoms with E-state index in [0.717, 1.165) is 0 Å². The number of hydrazine groups is 1. The van der Waals surface area contributed by atoms with E-state index in [9.17, 15) is 9.59 Å². The number of amides is 2. The SMILES string of the molecule is O=C(NNC(=O)c1cc(Cl)ccc1Cl)c1ccc2c(c1)OCO2. The van der Waals surface area contributed by atoms with Crippen molar-refractivity contribution in [3.63, 3.8) is 0 Å². The standard InChI is InChI=1S/C15H10Cl2N2O4/c16-9-2-3-11(17)10(6-9)15(21)19-18-14(20)8-1-4-12-13(5-8)23-7-22-12/h1-6H,7H2,(H,18,20)(H,19,21). The van der Waals surface area contributed by atoms with Crippen LogP contribution in [-0.4, -0.2) is 18.6 Å². The molecule has 1 heterocycles. The van der Waals surface area contributed by atoms with Crippen molar-refractivity contribution in [1.82, 2.24) is 10.9 Å². The van der Waals surface area contributed by atoms with Gasteiger partial charge >= 0.3 is 0 Å². The first-order chi connectivity index (χ1) is 11.0. The molecule has 6 nitrogen and oxygen atoms in total. The molecule has 0 atom stereocenters. The van der Waals surface area contributed by atoms with E-state index in [-0.39, 0.29) is 17.4 Å². The van der Waals surface area contributed by atoms with Crippen molar-refractivity contribution in [3.05, 3.63) is 57.6 Å². The lowest BCUT2D eigenvalue weighted by atomic mass is 10.2. The van der Waals surface area contributed by atoms with Crippen molar-refractivity contribution in [2.75, 3.05) is 6.79 Å². The maximum atomic E-state index is 12.1. The van der Waals surface area contributed by atoms with Crippen molar-refractivity contribution in [3.8, 4) is 11.5 Å². The Labute approximate surface area is 141 Å². The van der Waals surface area contributed by atoms with Gasteiger partial charge in [0.05, 0.1) is 10.6 Å². The predicted octanol–water partition coefficient (Wildman–Crippen LogP) is 2.80. The van der Waals surface area contributed by atoms with Crippen molar-refractivity contribution in [1.29, 1.82) is 0 Å². The quantitative estimate of drug-likeness (QED) is 0.814. The highest BCUT2D eigenvalue weighted by Crippen LogP contribution is 2.32. The van der Waals surface area contributed by atoms with Gasteiger partial charge in [-0.1, -0.05) is 23.2 Å². The Morgan fingerprint density at radius 3 is 2.48 bits per heavy atom. The van der Waals surface area contributed by atoms with Crippen molar-refractivity contribution in [2.45, 2.75) is 0 Å². The van der Waals surface area contributed by atoms with Crippen LogP contribution in [-0.2, 0) is 0 Å². The second kappa shape index (κ2) is 6.36. The van der Waals surface area contributed by atoms with Crippen LogP contribution in [0.3, 0.4) is 0 Å². The molecule has 1 aliphatic heterocycles. The fourth-order valence-corrected chi connectivity index (χ4v) is 2.34. The molecule has 0 aromatic heterocycles. The van der Waals surface area contributed by atoms with Crippen LogP contribution in [0.25, 0.3) is 0 Å². The first kappa shape index (κ1) is 15.5. The Morgan fingerprint density at radius 2 is 1.65 bits per heavy atom. The van der Waals surface area contributed by atoms with Gasteiger partial charge in [-0.05, 0) is 36.4 Å². The zero-order chi connectivity index (χ0) is 16.4. The van der Waals surface area contributed by atoms with Crippen LogP contribution in [0.1, 0.15) is 20.7 Å². The van der Waals surface area contributed by atoms with Crippen LogP contribution in [0.4, 0.5) is 0 Å². The molecule has 0 saturated heterocycles. The van der Waals surface area contributed by atoms with Crippen molar-refractivity contribution in [2.24, 2.45) is 0 Å². The van der Waals surface area contributed by atoms with E-state index in [1.165, 1.54) is 18.2 Å². The second-order valence-electron chi connectivity index (χ2n) is 4.60. The van der Waals surface area contributed by atoms with Gasteiger partial charge in [-0.25, -0.2) is 0 Å². The lowest BCUT2D eigenvalue weighted by Crippen LogP contribution is -2.41. The summed E-state index contributed by atoms with van der Waals surface area (Å²) in [5.74, 6) is -0.0421. The molecule has 0 saturated carbocycles. The number of halogens is 2. The van der Waals surface area contributed by atoms with Crippen LogP contribution in [0, 0.1) is 0 Å². The van der Waals surface area contributed by atoms with Crippen molar-refractivity contribution < 1.29 is 19.1 Å². The molecular formula is C15H10Cl2N2O4. The van der Waals surface area contributed by atoms with Gasteiger partial charge in [-0.15, -0.1) is 0 Å². The maximum Gasteiger partial charge on any atom is 0.271 e. The van der Waals surface area contributed by atoms with E-state index in [1.807, 2.05) is 0 Å². The normalized spacial score (nSPS) is 11.9. The topological polar surface area (TPSA) is 76.7 Å². The van der Waals surface area contributed by atoms with Crippen LogP contribution in [0.15, 0.2) is 36.4 Å². The summed E-state index contributed by atoms with van der Waals surface area (Å²) in [7, 11) is 0. The van der Waals surface area contributed by atoms with E-state index < -0.39 is 11.8 Å². The molecule has 0 radical (unpaired) electrons. The zero-order valence-electron chi connectivity index (χ0n) is 11.6. The molecule has 2 aromatic rings. The van der Waals surface area contributed by atoms with Gasteiger partial charge in [0.1, 0.15) is 0 Å². The number of hydrogen-bond acceptors (Lipinski definition) is 4.